The Morgan fingerprint density at radius 3 is 3.00 bits per heavy atom. The lowest BCUT2D eigenvalue weighted by Crippen LogP contribution is -2.55. The molecular formula is C16H26N4O. The fourth-order valence-corrected chi connectivity index (χ4v) is 3.73. The highest BCUT2D eigenvalue weighted by molar-refractivity contribution is 5.33. The van der Waals surface area contributed by atoms with Crippen molar-refractivity contribution in [2.24, 2.45) is 0 Å². The smallest absolute Gasteiger partial charge is 0.250 e. The number of hydrogen-bond acceptors (Lipinski definition) is 4. The summed E-state index contributed by atoms with van der Waals surface area (Å²) in [4.78, 5) is 17.0. The maximum Gasteiger partial charge on any atom is 0.250 e. The molecule has 5 heteroatoms. The minimum atomic E-state index is 0.0397. The summed E-state index contributed by atoms with van der Waals surface area (Å²) in [6.07, 6.45) is 5.45. The second-order valence-corrected chi connectivity index (χ2v) is 6.48. The summed E-state index contributed by atoms with van der Waals surface area (Å²) in [6.45, 7) is 7.80. The Morgan fingerprint density at radius 2 is 2.14 bits per heavy atom. The Labute approximate surface area is 126 Å². The van der Waals surface area contributed by atoms with Crippen LogP contribution in [0.5, 0.6) is 0 Å². The second kappa shape index (κ2) is 6.20. The summed E-state index contributed by atoms with van der Waals surface area (Å²) in [5.74, 6) is 0. The minimum absolute atomic E-state index is 0.0397. The molecule has 1 aromatic rings. The van der Waals surface area contributed by atoms with E-state index in [0.29, 0.717) is 11.7 Å². The number of aryl methyl sites for hydroxylation is 1. The van der Waals surface area contributed by atoms with E-state index in [2.05, 4.69) is 16.7 Å². The van der Waals surface area contributed by atoms with Crippen molar-refractivity contribution in [3.05, 3.63) is 28.7 Å². The number of nitrogens with two attached hydrogens (primary N) is 1. The first-order chi connectivity index (χ1) is 10.1. The highest BCUT2D eigenvalue weighted by atomic mass is 16.1. The molecule has 1 aromatic heterocycles. The molecule has 3 rings (SSSR count). The summed E-state index contributed by atoms with van der Waals surface area (Å²) in [6, 6.07) is 4.60. The molecule has 2 aliphatic heterocycles. The van der Waals surface area contributed by atoms with Gasteiger partial charge in [0.15, 0.2) is 0 Å². The van der Waals surface area contributed by atoms with Gasteiger partial charge >= 0.3 is 0 Å². The highest BCUT2D eigenvalue weighted by Crippen LogP contribution is 2.24. The monoisotopic (exact) mass is 290 g/mol. The quantitative estimate of drug-likeness (QED) is 0.898. The molecule has 2 fully saturated rings. The molecule has 2 aliphatic rings. The normalized spacial score (nSPS) is 26.9. The number of rotatable bonds is 4. The van der Waals surface area contributed by atoms with E-state index in [4.69, 9.17) is 5.73 Å². The van der Waals surface area contributed by atoms with Gasteiger partial charge in [-0.25, -0.2) is 0 Å². The Balaban J connectivity index is 1.53. The van der Waals surface area contributed by atoms with E-state index in [0.717, 1.165) is 25.6 Å². The van der Waals surface area contributed by atoms with E-state index in [-0.39, 0.29) is 5.56 Å². The van der Waals surface area contributed by atoms with Crippen molar-refractivity contribution >= 4 is 5.69 Å². The molecule has 2 atom stereocenters. The van der Waals surface area contributed by atoms with Gasteiger partial charge in [-0.3, -0.25) is 14.6 Å². The number of piperazine rings is 1. The SMILES string of the molecule is CC1CN2CCCC2CN1CCCn1cc(N)ccc1=O. The van der Waals surface area contributed by atoms with Gasteiger partial charge in [-0.05, 0) is 38.8 Å². The Kier molecular flexibility index (Phi) is 4.31. The van der Waals surface area contributed by atoms with Gasteiger partial charge in [0.25, 0.3) is 5.56 Å². The molecule has 3 heterocycles. The third kappa shape index (κ3) is 3.30. The number of nitrogens with zero attached hydrogens (tertiary/aromatic N) is 3. The lowest BCUT2D eigenvalue weighted by Gasteiger charge is -2.42. The van der Waals surface area contributed by atoms with E-state index >= 15 is 0 Å². The van der Waals surface area contributed by atoms with Crippen molar-refractivity contribution in [2.45, 2.75) is 44.8 Å². The first-order valence-corrected chi connectivity index (χ1v) is 8.07. The lowest BCUT2D eigenvalue weighted by atomic mass is 10.1. The van der Waals surface area contributed by atoms with E-state index < -0.39 is 0 Å². The number of anilines is 1. The molecular weight excluding hydrogens is 264 g/mol. The second-order valence-electron chi connectivity index (χ2n) is 6.48. The zero-order valence-electron chi connectivity index (χ0n) is 12.9. The molecule has 0 saturated carbocycles. The maximum atomic E-state index is 11.8. The van der Waals surface area contributed by atoms with Crippen LogP contribution in [-0.2, 0) is 6.54 Å². The molecule has 2 N–H and O–H groups in total. The summed E-state index contributed by atoms with van der Waals surface area (Å²) < 4.78 is 1.73. The Bertz CT molecular complexity index is 541. The average molecular weight is 290 g/mol. The fraction of sp³-hybridized carbons (Fsp3) is 0.688. The fourth-order valence-electron chi connectivity index (χ4n) is 3.73. The van der Waals surface area contributed by atoms with Crippen molar-refractivity contribution in [3.63, 3.8) is 0 Å². The third-order valence-corrected chi connectivity index (χ3v) is 4.92. The van der Waals surface area contributed by atoms with Gasteiger partial charge in [0.1, 0.15) is 0 Å². The predicted octanol–water partition coefficient (Wildman–Crippen LogP) is 0.989. The number of nitrogen functional groups attached to an aromatic ring is 1. The van der Waals surface area contributed by atoms with E-state index in [1.807, 2.05) is 0 Å². The third-order valence-electron chi connectivity index (χ3n) is 4.92. The van der Waals surface area contributed by atoms with Gasteiger partial charge in [-0.2, -0.15) is 0 Å². The summed E-state index contributed by atoms with van der Waals surface area (Å²) in [5.41, 5.74) is 6.44. The van der Waals surface area contributed by atoms with Gasteiger partial charge in [0.05, 0.1) is 0 Å². The van der Waals surface area contributed by atoms with Crippen LogP contribution in [0.4, 0.5) is 5.69 Å². The van der Waals surface area contributed by atoms with Crippen LogP contribution >= 0.6 is 0 Å². The topological polar surface area (TPSA) is 54.5 Å². The van der Waals surface area contributed by atoms with Crippen LogP contribution < -0.4 is 11.3 Å². The number of pyridine rings is 1. The molecule has 0 aliphatic carbocycles. The van der Waals surface area contributed by atoms with Crippen LogP contribution in [0.1, 0.15) is 26.2 Å². The predicted molar refractivity (Wildman–Crippen MR) is 85.4 cm³/mol. The molecule has 0 radical (unpaired) electrons. The zero-order chi connectivity index (χ0) is 14.8. The first-order valence-electron chi connectivity index (χ1n) is 8.07. The van der Waals surface area contributed by atoms with Crippen LogP contribution in [0.25, 0.3) is 0 Å². The van der Waals surface area contributed by atoms with Gasteiger partial charge in [-0.1, -0.05) is 0 Å². The van der Waals surface area contributed by atoms with Crippen LogP contribution in [-0.4, -0.2) is 52.6 Å². The van der Waals surface area contributed by atoms with Crippen molar-refractivity contribution < 1.29 is 0 Å². The van der Waals surface area contributed by atoms with Crippen LogP contribution in [0.2, 0.25) is 0 Å². The number of hydrogen-bond donors (Lipinski definition) is 1. The van der Waals surface area contributed by atoms with E-state index in [9.17, 15) is 4.79 Å². The van der Waals surface area contributed by atoms with Gasteiger partial charge < -0.3 is 10.3 Å². The number of aromatic nitrogens is 1. The molecule has 2 saturated heterocycles. The Hall–Kier alpha value is -1.33. The zero-order valence-corrected chi connectivity index (χ0v) is 12.9. The lowest BCUT2D eigenvalue weighted by molar-refractivity contribution is 0.0579. The van der Waals surface area contributed by atoms with Crippen molar-refractivity contribution in [1.29, 1.82) is 0 Å². The Morgan fingerprint density at radius 1 is 1.29 bits per heavy atom. The molecule has 0 amide bonds. The van der Waals surface area contributed by atoms with Gasteiger partial charge in [0.2, 0.25) is 0 Å². The van der Waals surface area contributed by atoms with Crippen molar-refractivity contribution in [2.75, 3.05) is 31.9 Å². The average Bonchev–Trinajstić information content (AvgIpc) is 2.90. The van der Waals surface area contributed by atoms with Crippen molar-refractivity contribution in [1.82, 2.24) is 14.4 Å². The van der Waals surface area contributed by atoms with E-state index in [1.54, 1.807) is 22.9 Å². The molecule has 0 aromatic carbocycles. The summed E-state index contributed by atoms with van der Waals surface area (Å²) >= 11 is 0. The van der Waals surface area contributed by atoms with Gasteiger partial charge in [0, 0.05) is 56.2 Å². The van der Waals surface area contributed by atoms with Crippen LogP contribution in [0, 0.1) is 0 Å². The minimum Gasteiger partial charge on any atom is -0.398 e. The van der Waals surface area contributed by atoms with Gasteiger partial charge in [-0.15, -0.1) is 0 Å². The summed E-state index contributed by atoms with van der Waals surface area (Å²) in [5, 5.41) is 0. The summed E-state index contributed by atoms with van der Waals surface area (Å²) in [7, 11) is 0. The van der Waals surface area contributed by atoms with Crippen LogP contribution in [0.15, 0.2) is 23.1 Å². The first kappa shape index (κ1) is 14.6. The maximum absolute atomic E-state index is 11.8. The molecule has 0 spiro atoms. The molecule has 2 unspecified atom stereocenters. The van der Waals surface area contributed by atoms with Crippen molar-refractivity contribution in [3.8, 4) is 0 Å². The molecule has 21 heavy (non-hydrogen) atoms. The molecule has 116 valence electrons. The highest BCUT2D eigenvalue weighted by Gasteiger charge is 2.33. The van der Waals surface area contributed by atoms with E-state index in [1.165, 1.54) is 32.5 Å². The standard InChI is InChI=1S/C16H26N4O/c1-13-10-19-7-2-4-15(19)12-18(13)8-3-9-20-11-14(17)5-6-16(20)21/h5-6,11,13,15H,2-4,7-10,12,17H2,1H3. The molecule has 5 nitrogen and oxygen atoms in total. The van der Waals surface area contributed by atoms with Crippen LogP contribution in [0.3, 0.4) is 0 Å². The molecule has 0 bridgehead atoms. The number of fused-ring (bicyclic) bond motifs is 1. The largest absolute Gasteiger partial charge is 0.398 e.